The van der Waals surface area contributed by atoms with Crippen LogP contribution in [0.5, 0.6) is 0 Å². The highest BCUT2D eigenvalue weighted by Crippen LogP contribution is 2.37. The number of hydrogen-bond acceptors (Lipinski definition) is 2. The van der Waals surface area contributed by atoms with Crippen molar-refractivity contribution in [1.29, 1.82) is 0 Å². The number of hydrogen-bond donors (Lipinski definition) is 2. The molecule has 0 spiro atoms. The van der Waals surface area contributed by atoms with Gasteiger partial charge < -0.3 is 10.8 Å². The third kappa shape index (κ3) is 3.51. The fourth-order valence-electron chi connectivity index (χ4n) is 1.77. The number of carboxylic acid groups (broad SMARTS) is 1. The second kappa shape index (κ2) is 6.62. The van der Waals surface area contributed by atoms with Gasteiger partial charge in [0.1, 0.15) is 0 Å². The SMILES string of the molecule is CC(CC(CN)C(=O)O)c1ccc(Cl)c(Cl)c1Cl. The van der Waals surface area contributed by atoms with Crippen molar-refractivity contribution in [3.63, 3.8) is 0 Å². The molecule has 0 amide bonds. The van der Waals surface area contributed by atoms with Crippen molar-refractivity contribution in [3.05, 3.63) is 32.8 Å². The average molecular weight is 311 g/mol. The van der Waals surface area contributed by atoms with Crippen molar-refractivity contribution in [2.45, 2.75) is 19.3 Å². The van der Waals surface area contributed by atoms with Gasteiger partial charge >= 0.3 is 5.97 Å². The first kappa shape index (κ1) is 15.6. The lowest BCUT2D eigenvalue weighted by Crippen LogP contribution is -2.24. The van der Waals surface area contributed by atoms with E-state index in [2.05, 4.69) is 0 Å². The molecule has 2 atom stereocenters. The third-order valence-electron chi connectivity index (χ3n) is 2.87. The van der Waals surface area contributed by atoms with Crippen LogP contribution in [0.1, 0.15) is 24.8 Å². The van der Waals surface area contributed by atoms with E-state index < -0.39 is 11.9 Å². The molecule has 0 heterocycles. The standard InChI is InChI=1S/C12H14Cl3NO2/c1-6(4-7(5-16)12(17)18)8-2-3-9(13)11(15)10(8)14/h2-3,6-7H,4-5,16H2,1H3,(H,17,18). The Morgan fingerprint density at radius 3 is 2.44 bits per heavy atom. The van der Waals surface area contributed by atoms with E-state index in [1.165, 1.54) is 0 Å². The highest BCUT2D eigenvalue weighted by atomic mass is 35.5. The van der Waals surface area contributed by atoms with Crippen LogP contribution in [0.3, 0.4) is 0 Å². The maximum atomic E-state index is 10.9. The van der Waals surface area contributed by atoms with Crippen LogP contribution in [-0.4, -0.2) is 17.6 Å². The summed E-state index contributed by atoms with van der Waals surface area (Å²) in [5.41, 5.74) is 6.21. The molecule has 18 heavy (non-hydrogen) atoms. The minimum Gasteiger partial charge on any atom is -0.481 e. The summed E-state index contributed by atoms with van der Waals surface area (Å²) in [6, 6.07) is 3.41. The van der Waals surface area contributed by atoms with Gasteiger partial charge in [0.05, 0.1) is 21.0 Å². The molecule has 0 aromatic heterocycles. The van der Waals surface area contributed by atoms with Crippen LogP contribution in [0.4, 0.5) is 0 Å². The van der Waals surface area contributed by atoms with E-state index in [4.69, 9.17) is 45.6 Å². The van der Waals surface area contributed by atoms with Gasteiger partial charge in [0.25, 0.3) is 0 Å². The van der Waals surface area contributed by atoms with Crippen LogP contribution in [0, 0.1) is 5.92 Å². The Bertz CT molecular complexity index is 451. The zero-order valence-electron chi connectivity index (χ0n) is 9.79. The molecule has 1 aromatic rings. The summed E-state index contributed by atoms with van der Waals surface area (Å²) >= 11 is 17.9. The largest absolute Gasteiger partial charge is 0.481 e. The molecule has 0 bridgehead atoms. The molecule has 0 aliphatic carbocycles. The number of rotatable bonds is 5. The van der Waals surface area contributed by atoms with Gasteiger partial charge in [0.15, 0.2) is 0 Å². The topological polar surface area (TPSA) is 63.3 Å². The second-order valence-corrected chi connectivity index (χ2v) is 5.34. The first-order valence-corrected chi connectivity index (χ1v) is 6.58. The minimum atomic E-state index is -0.902. The van der Waals surface area contributed by atoms with Gasteiger partial charge in [0, 0.05) is 6.54 Å². The second-order valence-electron chi connectivity index (χ2n) is 4.17. The summed E-state index contributed by atoms with van der Waals surface area (Å²) in [7, 11) is 0. The summed E-state index contributed by atoms with van der Waals surface area (Å²) in [4.78, 5) is 10.9. The fourth-order valence-corrected chi connectivity index (χ4v) is 2.50. The van der Waals surface area contributed by atoms with E-state index in [-0.39, 0.29) is 12.5 Å². The summed E-state index contributed by atoms with van der Waals surface area (Å²) in [6.45, 7) is 1.98. The van der Waals surface area contributed by atoms with Gasteiger partial charge in [-0.05, 0) is 24.0 Å². The van der Waals surface area contributed by atoms with Crippen LogP contribution in [0.15, 0.2) is 12.1 Å². The first-order valence-electron chi connectivity index (χ1n) is 5.44. The summed E-state index contributed by atoms with van der Waals surface area (Å²) in [6.07, 6.45) is 0.406. The molecule has 100 valence electrons. The van der Waals surface area contributed by atoms with E-state index in [1.807, 2.05) is 6.92 Å². The highest BCUT2D eigenvalue weighted by molar-refractivity contribution is 6.48. The van der Waals surface area contributed by atoms with Gasteiger partial charge in [-0.25, -0.2) is 0 Å². The number of carbonyl (C=O) groups is 1. The Hall–Kier alpha value is -0.480. The minimum absolute atomic E-state index is 0.0584. The number of aliphatic carboxylic acids is 1. The van der Waals surface area contributed by atoms with E-state index in [0.29, 0.717) is 21.5 Å². The molecule has 0 saturated heterocycles. The van der Waals surface area contributed by atoms with Gasteiger partial charge in [-0.15, -0.1) is 0 Å². The van der Waals surface area contributed by atoms with Gasteiger partial charge in [0.2, 0.25) is 0 Å². The van der Waals surface area contributed by atoms with Gasteiger partial charge in [-0.2, -0.15) is 0 Å². The molecular weight excluding hydrogens is 296 g/mol. The first-order chi connectivity index (χ1) is 8.38. The molecule has 6 heteroatoms. The number of carboxylic acids is 1. The van der Waals surface area contributed by atoms with E-state index >= 15 is 0 Å². The Morgan fingerprint density at radius 2 is 1.94 bits per heavy atom. The predicted octanol–water partition coefficient (Wildman–Crippen LogP) is 3.80. The Balaban J connectivity index is 2.94. The molecule has 1 rings (SSSR count). The Morgan fingerprint density at radius 1 is 1.33 bits per heavy atom. The lowest BCUT2D eigenvalue weighted by molar-refractivity contribution is -0.141. The Kier molecular flexibility index (Phi) is 5.73. The molecular formula is C12H14Cl3NO2. The summed E-state index contributed by atoms with van der Waals surface area (Å²) < 4.78 is 0. The van der Waals surface area contributed by atoms with Crippen LogP contribution >= 0.6 is 34.8 Å². The smallest absolute Gasteiger partial charge is 0.307 e. The molecule has 2 unspecified atom stereocenters. The zero-order chi connectivity index (χ0) is 13.9. The van der Waals surface area contributed by atoms with E-state index in [9.17, 15) is 4.79 Å². The highest BCUT2D eigenvalue weighted by Gasteiger charge is 2.22. The third-order valence-corrected chi connectivity index (χ3v) is 4.18. The van der Waals surface area contributed by atoms with Gasteiger partial charge in [-0.3, -0.25) is 4.79 Å². The van der Waals surface area contributed by atoms with Crippen molar-refractivity contribution in [3.8, 4) is 0 Å². The van der Waals surface area contributed by atoms with Crippen molar-refractivity contribution in [2.75, 3.05) is 6.54 Å². The number of nitrogens with two attached hydrogens (primary N) is 1. The lowest BCUT2D eigenvalue weighted by Gasteiger charge is -2.18. The molecule has 1 aromatic carbocycles. The summed E-state index contributed by atoms with van der Waals surface area (Å²) in [5.74, 6) is -1.55. The van der Waals surface area contributed by atoms with Crippen molar-refractivity contribution >= 4 is 40.8 Å². The van der Waals surface area contributed by atoms with Crippen LogP contribution in [-0.2, 0) is 4.79 Å². The molecule has 3 N–H and O–H groups in total. The molecule has 0 radical (unpaired) electrons. The lowest BCUT2D eigenvalue weighted by atomic mass is 9.90. The van der Waals surface area contributed by atoms with Crippen molar-refractivity contribution in [1.82, 2.24) is 0 Å². The Labute approximate surface area is 121 Å². The normalized spacial score (nSPS) is 14.3. The van der Waals surface area contributed by atoms with E-state index in [0.717, 1.165) is 5.56 Å². The quantitative estimate of drug-likeness (QED) is 0.813. The van der Waals surface area contributed by atoms with Crippen molar-refractivity contribution < 1.29 is 9.90 Å². The van der Waals surface area contributed by atoms with Crippen molar-refractivity contribution in [2.24, 2.45) is 11.7 Å². The van der Waals surface area contributed by atoms with Crippen LogP contribution < -0.4 is 5.73 Å². The molecule has 0 aliphatic rings. The molecule has 0 saturated carbocycles. The van der Waals surface area contributed by atoms with Crippen LogP contribution in [0.25, 0.3) is 0 Å². The van der Waals surface area contributed by atoms with Gasteiger partial charge in [-0.1, -0.05) is 47.8 Å². The zero-order valence-corrected chi connectivity index (χ0v) is 12.1. The molecule has 0 aliphatic heterocycles. The monoisotopic (exact) mass is 309 g/mol. The number of benzene rings is 1. The number of halogens is 3. The molecule has 0 fully saturated rings. The molecule has 3 nitrogen and oxygen atoms in total. The van der Waals surface area contributed by atoms with Crippen LogP contribution in [0.2, 0.25) is 15.1 Å². The fraction of sp³-hybridized carbons (Fsp3) is 0.417. The average Bonchev–Trinajstić information content (AvgIpc) is 2.32. The van der Waals surface area contributed by atoms with E-state index in [1.54, 1.807) is 12.1 Å². The maximum Gasteiger partial charge on any atom is 0.307 e. The predicted molar refractivity (Wildman–Crippen MR) is 74.7 cm³/mol. The summed E-state index contributed by atoms with van der Waals surface area (Å²) in [5, 5.41) is 10.0. The maximum absolute atomic E-state index is 10.9.